The van der Waals surface area contributed by atoms with Crippen LogP contribution in [0, 0.1) is 0 Å². The Bertz CT molecular complexity index is 492. The Hall–Kier alpha value is -2.03. The molecule has 0 spiro atoms. The van der Waals surface area contributed by atoms with E-state index in [9.17, 15) is 0 Å². The molecule has 0 saturated carbocycles. The number of benzene rings is 1. The number of aromatic nitrogens is 1. The summed E-state index contributed by atoms with van der Waals surface area (Å²) in [5.74, 6) is 0.874. The highest BCUT2D eigenvalue weighted by Gasteiger charge is 2.19. The molecule has 1 N–H and O–H groups in total. The molecule has 0 fully saturated rings. The number of methoxy groups -OCH3 is 1. The third-order valence-corrected chi connectivity index (χ3v) is 2.95. The smallest absolute Gasteiger partial charge is 0.118 e. The molecule has 0 bridgehead atoms. The Labute approximate surface area is 108 Å². The van der Waals surface area contributed by atoms with E-state index in [4.69, 9.17) is 4.74 Å². The fraction of sp³-hybridized carbons (Fsp3) is 0.267. The van der Waals surface area contributed by atoms with Gasteiger partial charge in [0.05, 0.1) is 12.6 Å². The third kappa shape index (κ3) is 2.80. The molecule has 0 aliphatic carbocycles. The van der Waals surface area contributed by atoms with E-state index < -0.39 is 0 Å². The summed E-state index contributed by atoms with van der Waals surface area (Å²) in [6.07, 6.45) is 3.57. The lowest BCUT2D eigenvalue weighted by Crippen LogP contribution is -2.27. The van der Waals surface area contributed by atoms with Crippen LogP contribution in [0.5, 0.6) is 5.75 Å². The number of rotatable bonds is 4. The van der Waals surface area contributed by atoms with Gasteiger partial charge in [0.1, 0.15) is 5.75 Å². The van der Waals surface area contributed by atoms with E-state index in [1.165, 1.54) is 5.56 Å². The molecule has 3 nitrogen and oxygen atoms in total. The second-order valence-corrected chi connectivity index (χ2v) is 4.71. The highest BCUT2D eigenvalue weighted by molar-refractivity contribution is 5.46. The van der Waals surface area contributed by atoms with Crippen LogP contribution in [0.3, 0.4) is 0 Å². The average molecular weight is 242 g/mol. The summed E-state index contributed by atoms with van der Waals surface area (Å²) in [6, 6.07) is 12.0. The first kappa shape index (κ1) is 12.4. The Balaban J connectivity index is 2.19. The second-order valence-electron chi connectivity index (χ2n) is 4.71. The normalized spacial score (nSPS) is 11.1. The molecule has 1 aromatic carbocycles. The van der Waals surface area contributed by atoms with Crippen LogP contribution < -0.4 is 10.1 Å². The Morgan fingerprint density at radius 3 is 2.17 bits per heavy atom. The maximum atomic E-state index is 5.17. The van der Waals surface area contributed by atoms with Gasteiger partial charge in [-0.2, -0.15) is 0 Å². The summed E-state index contributed by atoms with van der Waals surface area (Å²) in [4.78, 5) is 4.01. The number of hydrogen-bond donors (Lipinski definition) is 1. The quantitative estimate of drug-likeness (QED) is 0.891. The van der Waals surface area contributed by atoms with Gasteiger partial charge in [-0.1, -0.05) is 12.1 Å². The molecular formula is C15H18N2O. The van der Waals surface area contributed by atoms with Crippen LogP contribution >= 0.6 is 0 Å². The summed E-state index contributed by atoms with van der Waals surface area (Å²) in [6.45, 7) is 4.30. The molecule has 0 aliphatic heterocycles. The standard InChI is InChI=1S/C15H18N2O/c1-15(2,17-13-8-10-16-11-9-13)12-4-6-14(18-3)7-5-12/h4-11H,1-3H3,(H,16,17). The third-order valence-electron chi connectivity index (χ3n) is 2.95. The molecule has 2 rings (SSSR count). The van der Waals surface area contributed by atoms with Gasteiger partial charge in [0.2, 0.25) is 0 Å². The molecule has 3 heteroatoms. The topological polar surface area (TPSA) is 34.1 Å². The molecule has 0 unspecified atom stereocenters. The lowest BCUT2D eigenvalue weighted by molar-refractivity contribution is 0.414. The SMILES string of the molecule is COc1ccc(C(C)(C)Nc2ccncc2)cc1. The molecule has 0 amide bonds. The number of nitrogens with one attached hydrogen (secondary N) is 1. The maximum absolute atomic E-state index is 5.17. The van der Waals surface area contributed by atoms with Crippen molar-refractivity contribution in [2.45, 2.75) is 19.4 Å². The maximum Gasteiger partial charge on any atom is 0.118 e. The van der Waals surface area contributed by atoms with Gasteiger partial charge in [-0.05, 0) is 43.7 Å². The molecule has 0 radical (unpaired) electrons. The Kier molecular flexibility index (Phi) is 3.51. The predicted octanol–water partition coefficient (Wildman–Crippen LogP) is 3.44. The lowest BCUT2D eigenvalue weighted by atomic mass is 9.94. The van der Waals surface area contributed by atoms with Crippen LogP contribution in [0.1, 0.15) is 19.4 Å². The summed E-state index contributed by atoms with van der Waals surface area (Å²) >= 11 is 0. The minimum atomic E-state index is -0.145. The van der Waals surface area contributed by atoms with Crippen molar-refractivity contribution in [3.63, 3.8) is 0 Å². The number of hydrogen-bond acceptors (Lipinski definition) is 3. The molecule has 0 aliphatic rings. The zero-order valence-corrected chi connectivity index (χ0v) is 11.0. The molecule has 1 aromatic heterocycles. The van der Waals surface area contributed by atoms with Gasteiger partial charge in [0.15, 0.2) is 0 Å². The van der Waals surface area contributed by atoms with Crippen LogP contribution in [0.25, 0.3) is 0 Å². The molecule has 0 saturated heterocycles. The summed E-state index contributed by atoms with van der Waals surface area (Å²) in [5.41, 5.74) is 2.12. The van der Waals surface area contributed by atoms with Crippen molar-refractivity contribution < 1.29 is 4.74 Å². The van der Waals surface area contributed by atoms with E-state index >= 15 is 0 Å². The fourth-order valence-corrected chi connectivity index (χ4v) is 1.88. The van der Waals surface area contributed by atoms with E-state index in [0.717, 1.165) is 11.4 Å². The highest BCUT2D eigenvalue weighted by Crippen LogP contribution is 2.26. The zero-order chi connectivity index (χ0) is 13.0. The number of nitrogens with zero attached hydrogens (tertiary/aromatic N) is 1. The van der Waals surface area contributed by atoms with Gasteiger partial charge in [-0.3, -0.25) is 4.98 Å². The van der Waals surface area contributed by atoms with Crippen LogP contribution in [0.2, 0.25) is 0 Å². The van der Waals surface area contributed by atoms with Crippen molar-refractivity contribution in [2.75, 3.05) is 12.4 Å². The molecule has 94 valence electrons. The number of pyridine rings is 1. The molecular weight excluding hydrogens is 224 g/mol. The molecule has 0 atom stereocenters. The first-order valence-corrected chi connectivity index (χ1v) is 5.94. The average Bonchev–Trinajstić information content (AvgIpc) is 2.39. The van der Waals surface area contributed by atoms with E-state index in [1.54, 1.807) is 19.5 Å². The van der Waals surface area contributed by atoms with Crippen LogP contribution in [0.4, 0.5) is 5.69 Å². The van der Waals surface area contributed by atoms with E-state index in [1.807, 2.05) is 24.3 Å². The number of anilines is 1. The van der Waals surface area contributed by atoms with Gasteiger partial charge in [0.25, 0.3) is 0 Å². The Morgan fingerprint density at radius 2 is 1.61 bits per heavy atom. The van der Waals surface area contributed by atoms with E-state index in [0.29, 0.717) is 0 Å². The number of ether oxygens (including phenoxy) is 1. The van der Waals surface area contributed by atoms with Crippen molar-refractivity contribution in [3.05, 3.63) is 54.4 Å². The van der Waals surface area contributed by atoms with Crippen molar-refractivity contribution in [1.29, 1.82) is 0 Å². The van der Waals surface area contributed by atoms with Crippen molar-refractivity contribution in [3.8, 4) is 5.75 Å². The molecule has 2 aromatic rings. The highest BCUT2D eigenvalue weighted by atomic mass is 16.5. The predicted molar refractivity (Wildman–Crippen MR) is 73.9 cm³/mol. The van der Waals surface area contributed by atoms with Crippen LogP contribution in [-0.4, -0.2) is 12.1 Å². The van der Waals surface area contributed by atoms with Gasteiger partial charge in [0, 0.05) is 18.1 Å². The van der Waals surface area contributed by atoms with Crippen molar-refractivity contribution >= 4 is 5.69 Å². The summed E-state index contributed by atoms with van der Waals surface area (Å²) in [7, 11) is 1.68. The minimum Gasteiger partial charge on any atom is -0.497 e. The van der Waals surface area contributed by atoms with Crippen molar-refractivity contribution in [2.24, 2.45) is 0 Å². The second kappa shape index (κ2) is 5.08. The van der Waals surface area contributed by atoms with Gasteiger partial charge in [-0.25, -0.2) is 0 Å². The van der Waals surface area contributed by atoms with Gasteiger partial charge in [-0.15, -0.1) is 0 Å². The summed E-state index contributed by atoms with van der Waals surface area (Å²) in [5, 5.41) is 3.49. The van der Waals surface area contributed by atoms with Gasteiger partial charge >= 0.3 is 0 Å². The summed E-state index contributed by atoms with van der Waals surface area (Å²) < 4.78 is 5.17. The zero-order valence-electron chi connectivity index (χ0n) is 11.0. The van der Waals surface area contributed by atoms with Crippen LogP contribution in [0.15, 0.2) is 48.8 Å². The van der Waals surface area contributed by atoms with Gasteiger partial charge < -0.3 is 10.1 Å². The van der Waals surface area contributed by atoms with Crippen molar-refractivity contribution in [1.82, 2.24) is 4.98 Å². The largest absolute Gasteiger partial charge is 0.497 e. The molecule has 1 heterocycles. The van der Waals surface area contributed by atoms with E-state index in [2.05, 4.69) is 36.3 Å². The lowest BCUT2D eigenvalue weighted by Gasteiger charge is -2.28. The Morgan fingerprint density at radius 1 is 1.00 bits per heavy atom. The molecule has 18 heavy (non-hydrogen) atoms. The first-order chi connectivity index (χ1) is 8.62. The van der Waals surface area contributed by atoms with E-state index in [-0.39, 0.29) is 5.54 Å². The fourth-order valence-electron chi connectivity index (χ4n) is 1.88. The minimum absolute atomic E-state index is 0.145. The monoisotopic (exact) mass is 242 g/mol. The van der Waals surface area contributed by atoms with Crippen LogP contribution in [-0.2, 0) is 5.54 Å². The first-order valence-electron chi connectivity index (χ1n) is 5.94.